The minimum Gasteiger partial charge on any atom is -0.365 e. The number of primary amides is 1. The Hall–Kier alpha value is -2.93. The standard InChI is InChI=1S/C17H16N2O4S/c1-12-7-9-13(10-8-12)17(21)19-11-15(16(18)20)24(22,23)14-5-3-2-4-6-14/h2-11H,1H3,(H2,18,20)(H,19,21). The molecule has 0 aliphatic heterocycles. The smallest absolute Gasteiger partial charge is 0.262 e. The Morgan fingerprint density at radius 1 is 1.00 bits per heavy atom. The van der Waals surface area contributed by atoms with E-state index in [1.54, 1.807) is 30.3 Å². The molecule has 0 unspecified atom stereocenters. The minimum atomic E-state index is -4.11. The summed E-state index contributed by atoms with van der Waals surface area (Å²) >= 11 is 0. The molecule has 24 heavy (non-hydrogen) atoms. The van der Waals surface area contributed by atoms with Crippen molar-refractivity contribution in [1.82, 2.24) is 5.32 Å². The van der Waals surface area contributed by atoms with Crippen LogP contribution in [0.3, 0.4) is 0 Å². The quantitative estimate of drug-likeness (QED) is 0.802. The molecule has 2 aromatic rings. The zero-order valence-electron chi connectivity index (χ0n) is 12.9. The summed E-state index contributed by atoms with van der Waals surface area (Å²) in [5.41, 5.74) is 6.48. The van der Waals surface area contributed by atoms with E-state index in [0.717, 1.165) is 11.8 Å². The van der Waals surface area contributed by atoms with Gasteiger partial charge in [-0.3, -0.25) is 9.59 Å². The molecule has 0 aliphatic rings. The molecule has 0 atom stereocenters. The molecule has 3 N–H and O–H groups in total. The molecule has 0 fully saturated rings. The maximum absolute atomic E-state index is 12.4. The Morgan fingerprint density at radius 3 is 2.12 bits per heavy atom. The molecule has 2 amide bonds. The van der Waals surface area contributed by atoms with Gasteiger partial charge in [0.05, 0.1) is 4.90 Å². The summed E-state index contributed by atoms with van der Waals surface area (Å²) in [7, 11) is -4.11. The average molecular weight is 344 g/mol. The summed E-state index contributed by atoms with van der Waals surface area (Å²) in [4.78, 5) is 22.8. The zero-order valence-corrected chi connectivity index (χ0v) is 13.7. The van der Waals surface area contributed by atoms with Crippen LogP contribution in [0.5, 0.6) is 0 Å². The third kappa shape index (κ3) is 3.88. The van der Waals surface area contributed by atoms with Crippen molar-refractivity contribution in [3.05, 3.63) is 76.8 Å². The van der Waals surface area contributed by atoms with Crippen LogP contribution in [0, 0.1) is 6.92 Å². The first-order chi connectivity index (χ1) is 11.3. The molecule has 0 aliphatic carbocycles. The van der Waals surface area contributed by atoms with Crippen LogP contribution in [-0.4, -0.2) is 20.2 Å². The molecule has 0 heterocycles. The van der Waals surface area contributed by atoms with Gasteiger partial charge >= 0.3 is 0 Å². The number of sulfone groups is 1. The fourth-order valence-corrected chi connectivity index (χ4v) is 3.18. The molecular formula is C17H16N2O4S. The van der Waals surface area contributed by atoms with E-state index in [1.807, 2.05) is 6.92 Å². The summed E-state index contributed by atoms with van der Waals surface area (Å²) in [6.07, 6.45) is 0.826. The van der Waals surface area contributed by atoms with Crippen LogP contribution in [0.15, 0.2) is 70.6 Å². The third-order valence-corrected chi connectivity index (χ3v) is 5.02. The van der Waals surface area contributed by atoms with Gasteiger partial charge in [-0.25, -0.2) is 8.42 Å². The Morgan fingerprint density at radius 2 is 1.58 bits per heavy atom. The Labute approximate surface area is 139 Å². The first-order valence-corrected chi connectivity index (χ1v) is 8.48. The third-order valence-electron chi connectivity index (χ3n) is 3.23. The summed E-state index contributed by atoms with van der Waals surface area (Å²) in [5, 5.41) is 2.29. The van der Waals surface area contributed by atoms with E-state index in [0.29, 0.717) is 5.56 Å². The van der Waals surface area contributed by atoms with Gasteiger partial charge in [-0.2, -0.15) is 0 Å². The van der Waals surface area contributed by atoms with Gasteiger partial charge in [0.25, 0.3) is 11.8 Å². The number of nitrogens with two attached hydrogens (primary N) is 1. The van der Waals surface area contributed by atoms with Crippen LogP contribution < -0.4 is 11.1 Å². The SMILES string of the molecule is Cc1ccc(C(=O)NC=C(C(N)=O)S(=O)(=O)c2ccccc2)cc1. The number of rotatable bonds is 5. The summed E-state index contributed by atoms with van der Waals surface area (Å²) in [6, 6.07) is 14.0. The van der Waals surface area contributed by atoms with Gasteiger partial charge in [0.1, 0.15) is 0 Å². The molecule has 7 heteroatoms. The highest BCUT2D eigenvalue weighted by atomic mass is 32.2. The molecule has 0 saturated carbocycles. The van der Waals surface area contributed by atoms with Crippen molar-refractivity contribution in [3.8, 4) is 0 Å². The van der Waals surface area contributed by atoms with Crippen LogP contribution >= 0.6 is 0 Å². The van der Waals surface area contributed by atoms with Crippen LogP contribution in [0.1, 0.15) is 15.9 Å². The topological polar surface area (TPSA) is 106 Å². The molecule has 6 nitrogen and oxygen atoms in total. The molecule has 0 bridgehead atoms. The van der Waals surface area contributed by atoms with E-state index in [9.17, 15) is 18.0 Å². The predicted octanol–water partition coefficient (Wildman–Crippen LogP) is 1.53. The normalized spacial score (nSPS) is 11.8. The number of nitrogens with one attached hydrogen (secondary N) is 1. The van der Waals surface area contributed by atoms with Crippen LogP contribution in [0.25, 0.3) is 0 Å². The number of hydrogen-bond donors (Lipinski definition) is 2. The van der Waals surface area contributed by atoms with Crippen molar-refractivity contribution in [1.29, 1.82) is 0 Å². The number of carbonyl (C=O) groups excluding carboxylic acids is 2. The molecule has 0 saturated heterocycles. The lowest BCUT2D eigenvalue weighted by Gasteiger charge is -2.07. The monoisotopic (exact) mass is 344 g/mol. The van der Waals surface area contributed by atoms with Crippen molar-refractivity contribution in [2.75, 3.05) is 0 Å². The molecule has 2 aromatic carbocycles. The minimum absolute atomic E-state index is 0.0837. The Bertz CT molecular complexity index is 886. The number of amides is 2. The van der Waals surface area contributed by atoms with E-state index in [1.165, 1.54) is 24.3 Å². The van der Waals surface area contributed by atoms with Gasteiger partial charge in [-0.15, -0.1) is 0 Å². The van der Waals surface area contributed by atoms with Gasteiger partial charge in [0.2, 0.25) is 9.84 Å². The van der Waals surface area contributed by atoms with E-state index in [4.69, 9.17) is 5.73 Å². The largest absolute Gasteiger partial charge is 0.365 e. The fourth-order valence-electron chi connectivity index (χ4n) is 1.93. The van der Waals surface area contributed by atoms with Gasteiger partial charge in [0, 0.05) is 11.8 Å². The fraction of sp³-hybridized carbons (Fsp3) is 0.0588. The van der Waals surface area contributed by atoms with Gasteiger partial charge < -0.3 is 11.1 Å². The molecule has 2 rings (SSSR count). The lowest BCUT2D eigenvalue weighted by Crippen LogP contribution is -2.26. The highest BCUT2D eigenvalue weighted by molar-refractivity contribution is 7.96. The number of benzene rings is 2. The number of hydrogen-bond acceptors (Lipinski definition) is 4. The first kappa shape index (κ1) is 17.4. The Kier molecular flexibility index (Phi) is 5.15. The van der Waals surface area contributed by atoms with Crippen LogP contribution in [-0.2, 0) is 14.6 Å². The van der Waals surface area contributed by atoms with Crippen molar-refractivity contribution >= 4 is 21.7 Å². The van der Waals surface area contributed by atoms with Crippen molar-refractivity contribution in [3.63, 3.8) is 0 Å². The highest BCUT2D eigenvalue weighted by Crippen LogP contribution is 2.18. The summed E-state index contributed by atoms with van der Waals surface area (Å²) < 4.78 is 24.9. The predicted molar refractivity (Wildman–Crippen MR) is 89.6 cm³/mol. The second kappa shape index (κ2) is 7.10. The van der Waals surface area contributed by atoms with Crippen molar-refractivity contribution in [2.24, 2.45) is 5.73 Å². The second-order valence-electron chi connectivity index (χ2n) is 5.03. The highest BCUT2D eigenvalue weighted by Gasteiger charge is 2.25. The number of carbonyl (C=O) groups is 2. The number of aryl methyl sites for hydroxylation is 1. The van der Waals surface area contributed by atoms with Crippen LogP contribution in [0.2, 0.25) is 0 Å². The van der Waals surface area contributed by atoms with Crippen LogP contribution in [0.4, 0.5) is 0 Å². The maximum Gasteiger partial charge on any atom is 0.262 e. The van der Waals surface area contributed by atoms with E-state index < -0.39 is 26.6 Å². The summed E-state index contributed by atoms with van der Waals surface area (Å²) in [5.74, 6) is -1.69. The summed E-state index contributed by atoms with van der Waals surface area (Å²) in [6.45, 7) is 1.87. The molecular weight excluding hydrogens is 328 g/mol. The Balaban J connectivity index is 2.31. The molecule has 0 aromatic heterocycles. The van der Waals surface area contributed by atoms with E-state index >= 15 is 0 Å². The van der Waals surface area contributed by atoms with Crippen molar-refractivity contribution < 1.29 is 18.0 Å². The van der Waals surface area contributed by atoms with Gasteiger partial charge in [-0.05, 0) is 31.2 Å². The second-order valence-corrected chi connectivity index (χ2v) is 6.95. The first-order valence-electron chi connectivity index (χ1n) is 7.00. The van der Waals surface area contributed by atoms with E-state index in [-0.39, 0.29) is 4.90 Å². The van der Waals surface area contributed by atoms with E-state index in [2.05, 4.69) is 5.32 Å². The molecule has 124 valence electrons. The molecule has 0 radical (unpaired) electrons. The lowest BCUT2D eigenvalue weighted by atomic mass is 10.1. The van der Waals surface area contributed by atoms with Gasteiger partial charge in [0.15, 0.2) is 4.91 Å². The lowest BCUT2D eigenvalue weighted by molar-refractivity contribution is -0.113. The van der Waals surface area contributed by atoms with Crippen molar-refractivity contribution in [2.45, 2.75) is 11.8 Å². The zero-order chi connectivity index (χ0) is 17.7. The average Bonchev–Trinajstić information content (AvgIpc) is 2.55. The molecule has 0 spiro atoms. The van der Waals surface area contributed by atoms with Gasteiger partial charge in [-0.1, -0.05) is 35.9 Å². The maximum atomic E-state index is 12.4.